The first-order valence-electron chi connectivity index (χ1n) is 5.85. The van der Waals surface area contributed by atoms with Crippen LogP contribution in [0.3, 0.4) is 0 Å². The maximum Gasteiger partial charge on any atom is 0.337 e. The van der Waals surface area contributed by atoms with E-state index in [2.05, 4.69) is 9.73 Å². The van der Waals surface area contributed by atoms with E-state index in [1.165, 1.54) is 31.5 Å². The topological polar surface area (TPSA) is 79.1 Å². The molecule has 0 bridgehead atoms. The summed E-state index contributed by atoms with van der Waals surface area (Å²) in [5.74, 6) is -0.619. The second kappa shape index (κ2) is 5.88. The summed E-state index contributed by atoms with van der Waals surface area (Å²) >= 11 is 0. The minimum absolute atomic E-state index is 0.101. The number of methoxy groups -OCH3 is 1. The molecule has 20 heavy (non-hydrogen) atoms. The number of carbonyl (C=O) groups is 1. The molecule has 0 radical (unpaired) electrons. The summed E-state index contributed by atoms with van der Waals surface area (Å²) in [5.41, 5.74) is 1.26. The van der Waals surface area contributed by atoms with Crippen LogP contribution >= 0.6 is 0 Å². The standard InChI is InChI=1S/C15H13NO4/c1-20-15(19)11-7-5-10(6-8-11)9-16-14-12(17)3-2-4-13(14)18/h2-9,17-18H,1H3/b16-9+. The molecule has 5 nitrogen and oxygen atoms in total. The number of rotatable bonds is 3. The molecule has 0 saturated heterocycles. The fraction of sp³-hybridized carbons (Fsp3) is 0.0667. The number of nitrogens with zero attached hydrogens (tertiary/aromatic N) is 1. The fourth-order valence-electron chi connectivity index (χ4n) is 1.61. The molecule has 0 spiro atoms. The van der Waals surface area contributed by atoms with Gasteiger partial charge in [-0.25, -0.2) is 9.79 Å². The van der Waals surface area contributed by atoms with Crippen LogP contribution in [-0.4, -0.2) is 29.5 Å². The Morgan fingerprint density at radius 2 is 1.70 bits per heavy atom. The molecule has 5 heteroatoms. The van der Waals surface area contributed by atoms with Gasteiger partial charge in [0.15, 0.2) is 0 Å². The van der Waals surface area contributed by atoms with Crippen molar-refractivity contribution in [3.63, 3.8) is 0 Å². The first-order valence-corrected chi connectivity index (χ1v) is 5.85. The second-order valence-corrected chi connectivity index (χ2v) is 4.02. The third-order valence-corrected chi connectivity index (χ3v) is 2.67. The van der Waals surface area contributed by atoms with Crippen molar-refractivity contribution in [3.05, 3.63) is 53.6 Å². The molecule has 2 aromatic rings. The van der Waals surface area contributed by atoms with Crippen molar-refractivity contribution < 1.29 is 19.7 Å². The molecule has 0 aliphatic carbocycles. The Balaban J connectivity index is 2.22. The minimum atomic E-state index is -0.410. The lowest BCUT2D eigenvalue weighted by Crippen LogP contribution is -2.00. The van der Waals surface area contributed by atoms with Crippen LogP contribution < -0.4 is 0 Å². The first kappa shape index (κ1) is 13.6. The first-order chi connectivity index (χ1) is 9.61. The molecule has 0 amide bonds. The summed E-state index contributed by atoms with van der Waals surface area (Å²) in [6, 6.07) is 11.0. The molecule has 0 heterocycles. The van der Waals surface area contributed by atoms with E-state index in [4.69, 9.17) is 0 Å². The van der Waals surface area contributed by atoms with Gasteiger partial charge in [0.2, 0.25) is 0 Å². The monoisotopic (exact) mass is 271 g/mol. The van der Waals surface area contributed by atoms with Crippen molar-refractivity contribution in [3.8, 4) is 11.5 Å². The highest BCUT2D eigenvalue weighted by atomic mass is 16.5. The third-order valence-electron chi connectivity index (χ3n) is 2.67. The summed E-state index contributed by atoms with van der Waals surface area (Å²) < 4.78 is 4.60. The van der Waals surface area contributed by atoms with Gasteiger partial charge in [-0.3, -0.25) is 0 Å². The van der Waals surface area contributed by atoms with Gasteiger partial charge in [-0.2, -0.15) is 0 Å². The van der Waals surface area contributed by atoms with Gasteiger partial charge in [0, 0.05) is 6.21 Å². The quantitative estimate of drug-likeness (QED) is 0.664. The van der Waals surface area contributed by atoms with E-state index in [0.29, 0.717) is 5.56 Å². The van der Waals surface area contributed by atoms with E-state index < -0.39 is 5.97 Å². The molecule has 2 N–H and O–H groups in total. The van der Waals surface area contributed by atoms with Crippen LogP contribution in [0.25, 0.3) is 0 Å². The van der Waals surface area contributed by atoms with Gasteiger partial charge in [-0.1, -0.05) is 18.2 Å². The molecule has 0 aliphatic heterocycles. The molecular weight excluding hydrogens is 258 g/mol. The van der Waals surface area contributed by atoms with E-state index in [1.807, 2.05) is 0 Å². The van der Waals surface area contributed by atoms with Crippen molar-refractivity contribution in [1.29, 1.82) is 0 Å². The van der Waals surface area contributed by atoms with Crippen LogP contribution in [0.5, 0.6) is 11.5 Å². The number of esters is 1. The van der Waals surface area contributed by atoms with Gasteiger partial charge in [-0.15, -0.1) is 0 Å². The zero-order valence-corrected chi connectivity index (χ0v) is 10.8. The van der Waals surface area contributed by atoms with Gasteiger partial charge in [-0.05, 0) is 29.8 Å². The van der Waals surface area contributed by atoms with Gasteiger partial charge in [0.25, 0.3) is 0 Å². The number of phenolic OH excluding ortho intramolecular Hbond substituents is 2. The van der Waals surface area contributed by atoms with E-state index in [9.17, 15) is 15.0 Å². The zero-order valence-electron chi connectivity index (χ0n) is 10.8. The van der Waals surface area contributed by atoms with Crippen LogP contribution in [0, 0.1) is 0 Å². The lowest BCUT2D eigenvalue weighted by atomic mass is 10.1. The Kier molecular flexibility index (Phi) is 4.00. The summed E-state index contributed by atoms with van der Waals surface area (Å²) in [6.45, 7) is 0. The average Bonchev–Trinajstić information content (AvgIpc) is 2.46. The number of hydrogen-bond acceptors (Lipinski definition) is 5. The Morgan fingerprint density at radius 3 is 2.25 bits per heavy atom. The maximum absolute atomic E-state index is 11.3. The molecule has 0 atom stereocenters. The SMILES string of the molecule is COC(=O)c1ccc(/C=N/c2c(O)cccc2O)cc1. The van der Waals surface area contributed by atoms with Crippen molar-refractivity contribution in [2.45, 2.75) is 0 Å². The molecule has 0 fully saturated rings. The lowest BCUT2D eigenvalue weighted by Gasteiger charge is -2.01. The summed E-state index contributed by atoms with van der Waals surface area (Å²) in [6.07, 6.45) is 1.48. The average molecular weight is 271 g/mol. The number of hydrogen-bond donors (Lipinski definition) is 2. The van der Waals surface area contributed by atoms with Gasteiger partial charge < -0.3 is 14.9 Å². The second-order valence-electron chi connectivity index (χ2n) is 4.02. The van der Waals surface area contributed by atoms with Crippen molar-refractivity contribution in [2.24, 2.45) is 4.99 Å². The van der Waals surface area contributed by atoms with Crippen LogP contribution in [0.4, 0.5) is 5.69 Å². The number of aromatic hydroxyl groups is 2. The Labute approximate surface area is 115 Å². The van der Waals surface area contributed by atoms with Crippen molar-refractivity contribution in [1.82, 2.24) is 0 Å². The van der Waals surface area contributed by atoms with E-state index in [1.54, 1.807) is 24.3 Å². The van der Waals surface area contributed by atoms with Crippen LogP contribution in [0.1, 0.15) is 15.9 Å². The predicted molar refractivity (Wildman–Crippen MR) is 74.8 cm³/mol. The highest BCUT2D eigenvalue weighted by molar-refractivity contribution is 5.91. The third kappa shape index (κ3) is 2.95. The molecule has 2 aromatic carbocycles. The van der Waals surface area contributed by atoms with E-state index in [-0.39, 0.29) is 17.2 Å². The van der Waals surface area contributed by atoms with Crippen LogP contribution in [-0.2, 0) is 4.74 Å². The van der Waals surface area contributed by atoms with Gasteiger partial charge in [0.05, 0.1) is 12.7 Å². The molecule has 0 aliphatic rings. The fourth-order valence-corrected chi connectivity index (χ4v) is 1.61. The number of aliphatic imine (C=N–C) groups is 1. The lowest BCUT2D eigenvalue weighted by molar-refractivity contribution is 0.0600. The van der Waals surface area contributed by atoms with Crippen molar-refractivity contribution >= 4 is 17.9 Å². The van der Waals surface area contributed by atoms with Crippen LogP contribution in [0.15, 0.2) is 47.5 Å². The normalized spacial score (nSPS) is 10.7. The highest BCUT2D eigenvalue weighted by Gasteiger charge is 2.05. The summed E-state index contributed by atoms with van der Waals surface area (Å²) in [5, 5.41) is 19.2. The molecule has 0 aromatic heterocycles. The number of carbonyl (C=O) groups excluding carboxylic acids is 1. The molecular formula is C15H13NO4. The number of ether oxygens (including phenoxy) is 1. The largest absolute Gasteiger partial charge is 0.506 e. The van der Waals surface area contributed by atoms with Gasteiger partial charge in [0.1, 0.15) is 17.2 Å². The van der Waals surface area contributed by atoms with Crippen LogP contribution in [0.2, 0.25) is 0 Å². The Hall–Kier alpha value is -2.82. The van der Waals surface area contributed by atoms with Gasteiger partial charge >= 0.3 is 5.97 Å². The van der Waals surface area contributed by atoms with E-state index >= 15 is 0 Å². The minimum Gasteiger partial charge on any atom is -0.506 e. The summed E-state index contributed by atoms with van der Waals surface area (Å²) in [7, 11) is 1.32. The van der Waals surface area contributed by atoms with E-state index in [0.717, 1.165) is 5.56 Å². The zero-order chi connectivity index (χ0) is 14.5. The highest BCUT2D eigenvalue weighted by Crippen LogP contribution is 2.34. The molecule has 0 saturated carbocycles. The maximum atomic E-state index is 11.3. The Morgan fingerprint density at radius 1 is 1.10 bits per heavy atom. The molecule has 102 valence electrons. The summed E-state index contributed by atoms with van der Waals surface area (Å²) in [4.78, 5) is 15.3. The molecule has 0 unspecified atom stereocenters. The number of para-hydroxylation sites is 1. The Bertz CT molecular complexity index is 627. The molecule has 2 rings (SSSR count). The number of benzene rings is 2. The number of phenols is 2. The van der Waals surface area contributed by atoms with Crippen molar-refractivity contribution in [2.75, 3.05) is 7.11 Å². The predicted octanol–water partition coefficient (Wildman–Crippen LogP) is 2.64. The smallest absolute Gasteiger partial charge is 0.337 e.